The van der Waals surface area contributed by atoms with Gasteiger partial charge in [-0.3, -0.25) is 4.79 Å². The summed E-state index contributed by atoms with van der Waals surface area (Å²) in [6.45, 7) is 0. The van der Waals surface area contributed by atoms with Crippen LogP contribution in [0.25, 0.3) is 0 Å². The highest BCUT2D eigenvalue weighted by molar-refractivity contribution is 6.30. The first-order valence-corrected chi connectivity index (χ1v) is 4.38. The Morgan fingerprint density at radius 3 is 3.07 bits per heavy atom. The third-order valence-corrected chi connectivity index (χ3v) is 1.68. The van der Waals surface area contributed by atoms with Gasteiger partial charge in [-0.15, -0.1) is 0 Å². The fourth-order valence-electron chi connectivity index (χ4n) is 0.779. The lowest BCUT2D eigenvalue weighted by molar-refractivity contribution is -0.139. The third-order valence-electron chi connectivity index (χ3n) is 1.47. The summed E-state index contributed by atoms with van der Waals surface area (Å²) in [5, 5.41) is 0.200. The number of esters is 1. The number of hydrogen-bond acceptors (Lipinski definition) is 3. The van der Waals surface area contributed by atoms with Gasteiger partial charge in [0, 0.05) is 6.20 Å². The molecule has 0 saturated heterocycles. The number of nitrogens with zero attached hydrogens (tertiary/aromatic N) is 1. The first-order valence-electron chi connectivity index (χ1n) is 4.00. The van der Waals surface area contributed by atoms with Crippen LogP contribution in [-0.2, 0) is 9.53 Å². The van der Waals surface area contributed by atoms with E-state index >= 15 is 0 Å². The Kier molecular flexibility index (Phi) is 4.07. The van der Waals surface area contributed by atoms with Gasteiger partial charge in [-0.05, 0) is 12.0 Å². The molecule has 15 heavy (non-hydrogen) atoms. The van der Waals surface area contributed by atoms with Crippen molar-refractivity contribution in [3.63, 3.8) is 0 Å². The second-order valence-electron chi connectivity index (χ2n) is 2.54. The molecule has 0 aromatic carbocycles. The largest absolute Gasteiger partial charge is 0.468 e. The fourth-order valence-corrected chi connectivity index (χ4v) is 0.923. The van der Waals surface area contributed by atoms with E-state index in [1.54, 1.807) is 0 Å². The van der Waals surface area contributed by atoms with Gasteiger partial charge in [0.1, 0.15) is 12.1 Å². The van der Waals surface area contributed by atoms with Crippen LogP contribution in [0.15, 0.2) is 12.3 Å². The van der Waals surface area contributed by atoms with Crippen molar-refractivity contribution in [2.24, 2.45) is 0 Å². The molecule has 5 heteroatoms. The molecule has 0 radical (unpaired) electrons. The summed E-state index contributed by atoms with van der Waals surface area (Å²) in [7, 11) is 1.26. The van der Waals surface area contributed by atoms with Gasteiger partial charge in [-0.25, -0.2) is 9.37 Å². The summed E-state index contributed by atoms with van der Waals surface area (Å²) in [6.07, 6.45) is 1.19. The molecule has 1 aromatic rings. The summed E-state index contributed by atoms with van der Waals surface area (Å²) in [6, 6.07) is 1.11. The van der Waals surface area contributed by atoms with Crippen LogP contribution in [0.5, 0.6) is 0 Å². The first-order chi connectivity index (χ1) is 7.13. The predicted molar refractivity (Wildman–Crippen MR) is 52.7 cm³/mol. The molecule has 0 aliphatic carbocycles. The molecule has 0 atom stereocenters. The quantitative estimate of drug-likeness (QED) is 0.542. The van der Waals surface area contributed by atoms with E-state index in [4.69, 9.17) is 11.6 Å². The number of carbonyl (C=O) groups excluding carboxylic acids is 1. The van der Waals surface area contributed by atoms with Crippen molar-refractivity contribution < 1.29 is 13.9 Å². The topological polar surface area (TPSA) is 39.2 Å². The number of methoxy groups -OCH3 is 1. The molecule has 0 aliphatic rings. The number of aromatic nitrogens is 1. The van der Waals surface area contributed by atoms with E-state index in [1.807, 2.05) is 0 Å². The molecule has 78 valence electrons. The molecular weight excluding hydrogens is 221 g/mol. The minimum atomic E-state index is -0.611. The van der Waals surface area contributed by atoms with Crippen molar-refractivity contribution in [2.75, 3.05) is 7.11 Å². The molecule has 0 N–H and O–H groups in total. The molecule has 0 unspecified atom stereocenters. The van der Waals surface area contributed by atoms with E-state index < -0.39 is 11.8 Å². The molecule has 1 rings (SSSR count). The van der Waals surface area contributed by atoms with Gasteiger partial charge in [0.15, 0.2) is 5.82 Å². The van der Waals surface area contributed by atoms with Gasteiger partial charge in [0.05, 0.1) is 12.1 Å². The molecular formula is C10H7ClFNO2. The number of hydrogen-bond donors (Lipinski definition) is 0. The minimum absolute atomic E-state index is 0.0386. The van der Waals surface area contributed by atoms with Gasteiger partial charge < -0.3 is 4.74 Å². The van der Waals surface area contributed by atoms with Gasteiger partial charge in [0.2, 0.25) is 0 Å². The molecule has 3 nitrogen and oxygen atoms in total. The van der Waals surface area contributed by atoms with E-state index in [0.717, 1.165) is 6.07 Å². The van der Waals surface area contributed by atoms with Gasteiger partial charge >= 0.3 is 5.97 Å². The van der Waals surface area contributed by atoms with Crippen LogP contribution in [-0.4, -0.2) is 18.1 Å². The van der Waals surface area contributed by atoms with Crippen LogP contribution in [0.2, 0.25) is 5.02 Å². The maximum Gasteiger partial charge on any atom is 0.317 e. The lowest BCUT2D eigenvalue weighted by Gasteiger charge is -1.93. The Labute approximate surface area is 91.2 Å². The summed E-state index contributed by atoms with van der Waals surface area (Å²) < 4.78 is 17.5. The van der Waals surface area contributed by atoms with Crippen molar-refractivity contribution in [1.82, 2.24) is 4.98 Å². The molecule has 0 amide bonds. The molecule has 0 bridgehead atoms. The Balaban J connectivity index is 2.76. The zero-order chi connectivity index (χ0) is 11.3. The van der Waals surface area contributed by atoms with Crippen LogP contribution in [0.3, 0.4) is 0 Å². The summed E-state index contributed by atoms with van der Waals surface area (Å²) in [4.78, 5) is 14.3. The third kappa shape index (κ3) is 3.56. The Morgan fingerprint density at radius 1 is 1.73 bits per heavy atom. The van der Waals surface area contributed by atoms with Crippen molar-refractivity contribution in [2.45, 2.75) is 6.42 Å². The van der Waals surface area contributed by atoms with E-state index in [9.17, 15) is 9.18 Å². The molecule has 0 aliphatic heterocycles. The average molecular weight is 228 g/mol. The molecule has 1 heterocycles. The van der Waals surface area contributed by atoms with Crippen LogP contribution < -0.4 is 0 Å². The van der Waals surface area contributed by atoms with E-state index in [-0.39, 0.29) is 17.1 Å². The maximum atomic E-state index is 13.1. The second-order valence-corrected chi connectivity index (χ2v) is 2.98. The number of halogens is 2. The smallest absolute Gasteiger partial charge is 0.317 e. The van der Waals surface area contributed by atoms with Crippen LogP contribution in [0.4, 0.5) is 4.39 Å². The number of carbonyl (C=O) groups is 1. The number of pyridine rings is 1. The Hall–Kier alpha value is -1.60. The van der Waals surface area contributed by atoms with Crippen molar-refractivity contribution in [3.8, 4) is 11.8 Å². The van der Waals surface area contributed by atoms with Crippen molar-refractivity contribution in [3.05, 3.63) is 28.8 Å². The van der Waals surface area contributed by atoms with Gasteiger partial charge in [-0.1, -0.05) is 17.5 Å². The fraction of sp³-hybridized carbons (Fsp3) is 0.200. The monoisotopic (exact) mass is 227 g/mol. The number of ether oxygens (including phenoxy) is 1. The molecule has 0 saturated carbocycles. The molecule has 1 aromatic heterocycles. The highest BCUT2D eigenvalue weighted by atomic mass is 35.5. The zero-order valence-electron chi connectivity index (χ0n) is 7.88. The Bertz CT molecular complexity index is 437. The van der Waals surface area contributed by atoms with Crippen LogP contribution >= 0.6 is 11.6 Å². The molecule has 0 fully saturated rings. The molecule has 0 spiro atoms. The summed E-state index contributed by atoms with van der Waals surface area (Å²) in [5.74, 6) is 3.77. The predicted octanol–water partition coefficient (Wildman–Crippen LogP) is 1.79. The van der Waals surface area contributed by atoms with E-state index in [0.29, 0.717) is 0 Å². The maximum absolute atomic E-state index is 13.1. The average Bonchev–Trinajstić information content (AvgIpc) is 2.21. The highest BCUT2D eigenvalue weighted by Crippen LogP contribution is 2.10. The SMILES string of the molecule is COC(=O)CC#Cc1ncc(Cl)cc1F. The van der Waals surface area contributed by atoms with Crippen molar-refractivity contribution in [1.29, 1.82) is 0 Å². The lowest BCUT2D eigenvalue weighted by Crippen LogP contribution is -1.97. The van der Waals surface area contributed by atoms with Crippen molar-refractivity contribution >= 4 is 17.6 Å². The first kappa shape index (κ1) is 11.5. The summed E-state index contributed by atoms with van der Waals surface area (Å²) in [5.41, 5.74) is -0.0386. The Morgan fingerprint density at radius 2 is 2.47 bits per heavy atom. The van der Waals surface area contributed by atoms with Crippen LogP contribution in [0.1, 0.15) is 12.1 Å². The van der Waals surface area contributed by atoms with Gasteiger partial charge in [-0.2, -0.15) is 0 Å². The normalized spacial score (nSPS) is 9.00. The van der Waals surface area contributed by atoms with Gasteiger partial charge in [0.25, 0.3) is 0 Å². The minimum Gasteiger partial charge on any atom is -0.468 e. The second kappa shape index (κ2) is 5.32. The zero-order valence-corrected chi connectivity index (χ0v) is 8.64. The standard InChI is InChI=1S/C10H7ClFNO2/c1-15-10(14)4-2-3-9-8(12)5-7(11)6-13-9/h5-6H,4H2,1H3. The number of rotatable bonds is 1. The van der Waals surface area contributed by atoms with E-state index in [1.165, 1.54) is 13.3 Å². The van der Waals surface area contributed by atoms with Crippen LogP contribution in [0, 0.1) is 17.7 Å². The highest BCUT2D eigenvalue weighted by Gasteiger charge is 2.01. The van der Waals surface area contributed by atoms with E-state index in [2.05, 4.69) is 21.6 Å². The summed E-state index contributed by atoms with van der Waals surface area (Å²) >= 11 is 5.50. The lowest BCUT2D eigenvalue weighted by atomic mass is 10.3.